The summed E-state index contributed by atoms with van der Waals surface area (Å²) in [5.41, 5.74) is 3.64. The van der Waals surface area contributed by atoms with Crippen LogP contribution in [-0.2, 0) is 6.54 Å². The second-order valence-corrected chi connectivity index (χ2v) is 6.60. The van der Waals surface area contributed by atoms with Gasteiger partial charge in [-0.1, -0.05) is 39.0 Å². The van der Waals surface area contributed by atoms with E-state index in [1.165, 1.54) is 60.3 Å². The fraction of sp³-hybridized carbons (Fsp3) is 0.476. The third-order valence-electron chi connectivity index (χ3n) is 4.90. The molecule has 2 heterocycles. The number of ether oxygens (including phenoxy) is 1. The van der Waals surface area contributed by atoms with E-state index in [1.807, 2.05) is 12.3 Å². The predicted molar refractivity (Wildman–Crippen MR) is 102 cm³/mol. The topological polar surface area (TPSA) is 27.1 Å². The highest BCUT2D eigenvalue weighted by Crippen LogP contribution is 2.32. The average Bonchev–Trinajstić information content (AvgIpc) is 2.92. The number of pyridine rings is 1. The molecule has 0 saturated heterocycles. The lowest BCUT2D eigenvalue weighted by Gasteiger charge is -2.09. The number of aryl methyl sites for hydroxylation is 2. The summed E-state index contributed by atoms with van der Waals surface area (Å²) < 4.78 is 7.88. The van der Waals surface area contributed by atoms with Gasteiger partial charge in [0.2, 0.25) is 0 Å². The minimum Gasteiger partial charge on any atom is -0.497 e. The first-order valence-electron chi connectivity index (χ1n) is 9.17. The molecular formula is C21H28N2O. The highest BCUT2D eigenvalue weighted by atomic mass is 16.5. The van der Waals surface area contributed by atoms with E-state index in [1.54, 1.807) is 7.11 Å². The first kappa shape index (κ1) is 16.8. The summed E-state index contributed by atoms with van der Waals surface area (Å²) in [4.78, 5) is 4.52. The van der Waals surface area contributed by atoms with Crippen molar-refractivity contribution in [1.29, 1.82) is 0 Å². The fourth-order valence-electron chi connectivity index (χ4n) is 3.61. The second kappa shape index (κ2) is 7.69. The Morgan fingerprint density at radius 3 is 2.58 bits per heavy atom. The molecule has 0 atom stereocenters. The van der Waals surface area contributed by atoms with Crippen LogP contribution in [-0.4, -0.2) is 16.7 Å². The van der Waals surface area contributed by atoms with Gasteiger partial charge in [-0.25, -0.2) is 0 Å². The van der Waals surface area contributed by atoms with Crippen LogP contribution in [0.5, 0.6) is 5.75 Å². The summed E-state index contributed by atoms with van der Waals surface area (Å²) in [5.74, 6) is 0.917. The monoisotopic (exact) mass is 324 g/mol. The van der Waals surface area contributed by atoms with Crippen molar-refractivity contribution in [1.82, 2.24) is 9.55 Å². The molecule has 0 N–H and O–H groups in total. The molecule has 3 aromatic rings. The van der Waals surface area contributed by atoms with Gasteiger partial charge in [-0.3, -0.25) is 4.98 Å². The van der Waals surface area contributed by atoms with Crippen LogP contribution >= 0.6 is 0 Å². The maximum Gasteiger partial charge on any atom is 0.120 e. The van der Waals surface area contributed by atoms with Crippen molar-refractivity contribution < 1.29 is 4.74 Å². The molecular weight excluding hydrogens is 296 g/mol. The first-order valence-corrected chi connectivity index (χ1v) is 9.17. The van der Waals surface area contributed by atoms with E-state index in [4.69, 9.17) is 4.74 Å². The maximum atomic E-state index is 5.44. The third kappa shape index (κ3) is 3.26. The van der Waals surface area contributed by atoms with Crippen molar-refractivity contribution in [3.8, 4) is 5.75 Å². The molecule has 3 heteroatoms. The van der Waals surface area contributed by atoms with Crippen molar-refractivity contribution >= 4 is 21.8 Å². The van der Waals surface area contributed by atoms with Gasteiger partial charge in [0, 0.05) is 29.6 Å². The summed E-state index contributed by atoms with van der Waals surface area (Å²) in [6.07, 6.45) is 9.78. The fourth-order valence-corrected chi connectivity index (χ4v) is 3.61. The number of unbranched alkanes of at least 4 members (excludes halogenated alkanes) is 5. The number of aromatic nitrogens is 2. The van der Waals surface area contributed by atoms with E-state index in [9.17, 15) is 0 Å². The number of methoxy groups -OCH3 is 1. The molecule has 24 heavy (non-hydrogen) atoms. The number of rotatable bonds is 8. The molecule has 0 aliphatic carbocycles. The molecule has 0 radical (unpaired) electrons. The standard InChI is InChI=1S/C21H28N2O/c1-4-5-6-7-8-9-14-23-20-15-17(24-3)10-11-18(20)19-12-13-22-16(2)21(19)23/h10-13,15H,4-9,14H2,1-3H3. The van der Waals surface area contributed by atoms with Gasteiger partial charge < -0.3 is 9.30 Å². The molecule has 0 bridgehead atoms. The molecule has 1 aromatic carbocycles. The minimum atomic E-state index is 0.917. The largest absolute Gasteiger partial charge is 0.497 e. The molecule has 2 aromatic heterocycles. The van der Waals surface area contributed by atoms with E-state index >= 15 is 0 Å². The van der Waals surface area contributed by atoms with Crippen LogP contribution in [0.3, 0.4) is 0 Å². The van der Waals surface area contributed by atoms with E-state index in [2.05, 4.69) is 41.6 Å². The molecule has 0 spiro atoms. The Kier molecular flexibility index (Phi) is 5.39. The molecule has 0 aliphatic rings. The molecule has 0 fully saturated rings. The van der Waals surface area contributed by atoms with Gasteiger partial charge in [0.1, 0.15) is 5.75 Å². The van der Waals surface area contributed by atoms with Gasteiger partial charge in [0.25, 0.3) is 0 Å². The van der Waals surface area contributed by atoms with Crippen molar-refractivity contribution in [2.75, 3.05) is 7.11 Å². The number of hydrogen-bond acceptors (Lipinski definition) is 2. The van der Waals surface area contributed by atoms with Crippen LogP contribution in [0.1, 0.15) is 51.1 Å². The van der Waals surface area contributed by atoms with Crippen molar-refractivity contribution in [3.05, 3.63) is 36.2 Å². The lowest BCUT2D eigenvalue weighted by atomic mass is 10.1. The Morgan fingerprint density at radius 2 is 1.79 bits per heavy atom. The molecule has 0 aliphatic heterocycles. The lowest BCUT2D eigenvalue weighted by molar-refractivity contribution is 0.415. The van der Waals surface area contributed by atoms with Crippen LogP contribution in [0.15, 0.2) is 30.5 Å². The molecule has 0 unspecified atom stereocenters. The van der Waals surface area contributed by atoms with E-state index in [-0.39, 0.29) is 0 Å². The van der Waals surface area contributed by atoms with Gasteiger partial charge in [0.05, 0.1) is 23.8 Å². The normalized spacial score (nSPS) is 11.5. The Labute approximate surface area is 144 Å². The van der Waals surface area contributed by atoms with Crippen LogP contribution in [0.4, 0.5) is 0 Å². The maximum absolute atomic E-state index is 5.44. The summed E-state index contributed by atoms with van der Waals surface area (Å²) in [6, 6.07) is 8.51. The highest BCUT2D eigenvalue weighted by Gasteiger charge is 2.13. The zero-order valence-corrected chi connectivity index (χ0v) is 15.1. The van der Waals surface area contributed by atoms with E-state index in [0.29, 0.717) is 0 Å². The zero-order valence-electron chi connectivity index (χ0n) is 15.1. The quantitative estimate of drug-likeness (QED) is 0.485. The van der Waals surface area contributed by atoms with Crippen molar-refractivity contribution in [3.63, 3.8) is 0 Å². The molecule has 128 valence electrons. The number of nitrogens with zero attached hydrogens (tertiary/aromatic N) is 2. The zero-order chi connectivity index (χ0) is 16.9. The van der Waals surface area contributed by atoms with Crippen LogP contribution in [0.25, 0.3) is 21.8 Å². The van der Waals surface area contributed by atoms with Crippen molar-refractivity contribution in [2.24, 2.45) is 0 Å². The lowest BCUT2D eigenvalue weighted by Crippen LogP contribution is -2.00. The van der Waals surface area contributed by atoms with Crippen LogP contribution in [0, 0.1) is 6.92 Å². The summed E-state index contributed by atoms with van der Waals surface area (Å²) in [7, 11) is 1.73. The van der Waals surface area contributed by atoms with E-state index < -0.39 is 0 Å². The smallest absolute Gasteiger partial charge is 0.120 e. The Balaban J connectivity index is 1.93. The second-order valence-electron chi connectivity index (χ2n) is 6.60. The molecule has 3 rings (SSSR count). The predicted octanol–water partition coefficient (Wildman–Crippen LogP) is 5.87. The van der Waals surface area contributed by atoms with E-state index in [0.717, 1.165) is 18.0 Å². The Bertz CT molecular complexity index is 819. The molecule has 3 nitrogen and oxygen atoms in total. The first-order chi connectivity index (χ1) is 11.8. The van der Waals surface area contributed by atoms with Crippen LogP contribution < -0.4 is 4.74 Å². The van der Waals surface area contributed by atoms with Gasteiger partial charge in [-0.05, 0) is 31.5 Å². The summed E-state index contributed by atoms with van der Waals surface area (Å²) in [6.45, 7) is 5.42. The SMILES string of the molecule is CCCCCCCCn1c2cc(OC)ccc2c2ccnc(C)c21. The Hall–Kier alpha value is -2.03. The van der Waals surface area contributed by atoms with Gasteiger partial charge in [-0.15, -0.1) is 0 Å². The minimum absolute atomic E-state index is 0.917. The van der Waals surface area contributed by atoms with Gasteiger partial charge in [-0.2, -0.15) is 0 Å². The summed E-state index contributed by atoms with van der Waals surface area (Å²) >= 11 is 0. The molecule has 0 amide bonds. The van der Waals surface area contributed by atoms with Gasteiger partial charge in [0.15, 0.2) is 0 Å². The van der Waals surface area contributed by atoms with Crippen LogP contribution in [0.2, 0.25) is 0 Å². The number of benzene rings is 1. The average molecular weight is 324 g/mol. The van der Waals surface area contributed by atoms with Gasteiger partial charge >= 0.3 is 0 Å². The number of fused-ring (bicyclic) bond motifs is 3. The highest BCUT2D eigenvalue weighted by molar-refractivity contribution is 6.09. The number of hydrogen-bond donors (Lipinski definition) is 0. The Morgan fingerprint density at radius 1 is 1.00 bits per heavy atom. The summed E-state index contributed by atoms with van der Waals surface area (Å²) in [5, 5.41) is 2.59. The van der Waals surface area contributed by atoms with Crippen molar-refractivity contribution in [2.45, 2.75) is 58.9 Å². The molecule has 0 saturated carbocycles. The third-order valence-corrected chi connectivity index (χ3v) is 4.90.